The molecule has 0 spiro atoms. The number of nitrogens with one attached hydrogen (secondary N) is 2. The highest BCUT2D eigenvalue weighted by Gasteiger charge is 2.48. The average Bonchev–Trinajstić information content (AvgIpc) is 3.51. The summed E-state index contributed by atoms with van der Waals surface area (Å²) in [6, 6.07) is 6.36. The predicted octanol–water partition coefficient (Wildman–Crippen LogP) is 3.48. The summed E-state index contributed by atoms with van der Waals surface area (Å²) in [7, 11) is 0. The van der Waals surface area contributed by atoms with Gasteiger partial charge in [-0.1, -0.05) is 6.92 Å². The number of rotatable bonds is 4. The Bertz CT molecular complexity index is 1280. The van der Waals surface area contributed by atoms with Crippen LogP contribution in [0, 0.1) is 5.41 Å². The first-order valence-corrected chi connectivity index (χ1v) is 10.9. The largest absolute Gasteiger partial charge is 0.351 e. The monoisotopic (exact) mass is 415 g/mol. The number of hydrogen-bond donors (Lipinski definition) is 2. The summed E-state index contributed by atoms with van der Waals surface area (Å²) in [6.07, 6.45) is 11.5. The van der Waals surface area contributed by atoms with Crippen LogP contribution in [0.2, 0.25) is 0 Å². The van der Waals surface area contributed by atoms with Gasteiger partial charge in [0.25, 0.3) is 0 Å². The molecule has 4 aromatic rings. The highest BCUT2D eigenvalue weighted by atomic mass is 16.2. The van der Waals surface area contributed by atoms with Crippen LogP contribution in [-0.4, -0.2) is 54.5 Å². The third-order valence-electron chi connectivity index (χ3n) is 6.78. The average molecular weight is 416 g/mol. The highest BCUT2D eigenvalue weighted by molar-refractivity contribution is 5.94. The van der Waals surface area contributed by atoms with E-state index in [0.717, 1.165) is 66.4 Å². The molecule has 1 saturated heterocycles. The van der Waals surface area contributed by atoms with Gasteiger partial charge in [0.1, 0.15) is 5.65 Å². The Labute approximate surface area is 179 Å². The van der Waals surface area contributed by atoms with Crippen LogP contribution in [0.25, 0.3) is 27.7 Å². The fourth-order valence-electron chi connectivity index (χ4n) is 5.09. The zero-order chi connectivity index (χ0) is 21.0. The SMILES string of the molecule is CC1(C(=O)N2CCCC2)CC(Nc2ncc3c(-c4ccn5nccc5c4)c[nH]c3n2)C1. The molecule has 0 radical (unpaired) electrons. The number of H-pyrrole nitrogens is 1. The lowest BCUT2D eigenvalue weighted by Crippen LogP contribution is -2.53. The second-order valence-corrected chi connectivity index (χ2v) is 9.08. The van der Waals surface area contributed by atoms with E-state index in [1.807, 2.05) is 40.1 Å². The summed E-state index contributed by atoms with van der Waals surface area (Å²) in [5, 5.41) is 8.65. The normalized spacial score (nSPS) is 23.4. The van der Waals surface area contributed by atoms with Gasteiger partial charge in [-0.3, -0.25) is 4.79 Å². The fourth-order valence-corrected chi connectivity index (χ4v) is 5.09. The van der Waals surface area contributed by atoms with Gasteiger partial charge in [-0.2, -0.15) is 10.1 Å². The second-order valence-electron chi connectivity index (χ2n) is 9.08. The maximum absolute atomic E-state index is 12.8. The van der Waals surface area contributed by atoms with E-state index in [0.29, 0.717) is 11.9 Å². The Balaban J connectivity index is 1.18. The molecule has 0 aromatic carbocycles. The molecular weight excluding hydrogens is 390 g/mol. The van der Waals surface area contributed by atoms with Gasteiger partial charge >= 0.3 is 0 Å². The molecule has 1 amide bonds. The van der Waals surface area contributed by atoms with Gasteiger partial charge < -0.3 is 15.2 Å². The third kappa shape index (κ3) is 3.05. The molecule has 6 rings (SSSR count). The van der Waals surface area contributed by atoms with E-state index in [9.17, 15) is 4.79 Å². The Morgan fingerprint density at radius 3 is 2.94 bits per heavy atom. The lowest BCUT2D eigenvalue weighted by Gasteiger charge is -2.45. The Hall–Kier alpha value is -3.42. The van der Waals surface area contributed by atoms with Gasteiger partial charge in [0.2, 0.25) is 11.9 Å². The standard InChI is InChI=1S/C23H25N7O/c1-23(21(31)29-7-2-3-8-29)11-16(12-23)27-22-25-14-19-18(13-24-20(19)28-22)15-5-9-30-17(10-15)4-6-26-30/h4-6,9-10,13-14,16H,2-3,7-8,11-12H2,1H3,(H2,24,25,27,28). The summed E-state index contributed by atoms with van der Waals surface area (Å²) in [6.45, 7) is 3.91. The molecule has 8 nitrogen and oxygen atoms in total. The summed E-state index contributed by atoms with van der Waals surface area (Å²) in [5.74, 6) is 0.913. The lowest BCUT2D eigenvalue weighted by atomic mass is 9.66. The lowest BCUT2D eigenvalue weighted by molar-refractivity contribution is -0.145. The first kappa shape index (κ1) is 18.4. The number of amides is 1. The smallest absolute Gasteiger partial charge is 0.228 e. The molecule has 5 heterocycles. The minimum absolute atomic E-state index is 0.229. The van der Waals surface area contributed by atoms with E-state index in [2.05, 4.69) is 38.4 Å². The van der Waals surface area contributed by atoms with Crippen molar-refractivity contribution in [3.8, 4) is 11.1 Å². The van der Waals surface area contributed by atoms with E-state index in [-0.39, 0.29) is 11.5 Å². The number of carbonyl (C=O) groups is 1. The first-order valence-electron chi connectivity index (χ1n) is 10.9. The van der Waals surface area contributed by atoms with Crippen molar-refractivity contribution in [3.63, 3.8) is 0 Å². The second kappa shape index (κ2) is 6.80. The van der Waals surface area contributed by atoms with Crippen molar-refractivity contribution in [1.29, 1.82) is 0 Å². The number of carbonyl (C=O) groups excluding carboxylic acids is 1. The van der Waals surface area contributed by atoms with Gasteiger partial charge in [0.05, 0.1) is 10.9 Å². The number of likely N-dealkylation sites (tertiary alicyclic amines) is 1. The van der Waals surface area contributed by atoms with Crippen molar-refractivity contribution in [2.24, 2.45) is 5.41 Å². The van der Waals surface area contributed by atoms with Gasteiger partial charge in [0.15, 0.2) is 0 Å². The van der Waals surface area contributed by atoms with Gasteiger partial charge in [0, 0.05) is 54.9 Å². The number of anilines is 1. The maximum atomic E-state index is 12.8. The van der Waals surface area contributed by atoms with Crippen LogP contribution in [0.5, 0.6) is 0 Å². The molecule has 2 N–H and O–H groups in total. The molecule has 2 aliphatic rings. The van der Waals surface area contributed by atoms with Crippen molar-refractivity contribution in [3.05, 3.63) is 43.0 Å². The summed E-state index contributed by atoms with van der Waals surface area (Å²) in [5.41, 5.74) is 3.76. The number of aromatic nitrogens is 5. The molecule has 4 aromatic heterocycles. The number of hydrogen-bond acceptors (Lipinski definition) is 5. The van der Waals surface area contributed by atoms with Crippen molar-refractivity contribution in [1.82, 2.24) is 29.5 Å². The number of pyridine rings is 1. The Kier molecular flexibility index (Phi) is 4.03. The summed E-state index contributed by atoms with van der Waals surface area (Å²) in [4.78, 5) is 27.3. The van der Waals surface area contributed by atoms with Crippen molar-refractivity contribution < 1.29 is 4.79 Å². The molecule has 158 valence electrons. The Morgan fingerprint density at radius 1 is 1.26 bits per heavy atom. The Morgan fingerprint density at radius 2 is 2.10 bits per heavy atom. The van der Waals surface area contributed by atoms with Crippen LogP contribution in [-0.2, 0) is 4.79 Å². The molecular formula is C23H25N7O. The van der Waals surface area contributed by atoms with Crippen LogP contribution < -0.4 is 5.32 Å². The molecule has 0 unspecified atom stereocenters. The highest BCUT2D eigenvalue weighted by Crippen LogP contribution is 2.44. The van der Waals surface area contributed by atoms with Crippen molar-refractivity contribution in [2.75, 3.05) is 18.4 Å². The van der Waals surface area contributed by atoms with Crippen LogP contribution in [0.3, 0.4) is 0 Å². The van der Waals surface area contributed by atoms with Crippen LogP contribution in [0.4, 0.5) is 5.95 Å². The van der Waals surface area contributed by atoms with E-state index in [1.165, 1.54) is 0 Å². The summed E-state index contributed by atoms with van der Waals surface area (Å²) < 4.78 is 1.84. The molecule has 1 aliphatic heterocycles. The molecule has 1 aliphatic carbocycles. The van der Waals surface area contributed by atoms with E-state index in [4.69, 9.17) is 0 Å². The third-order valence-corrected chi connectivity index (χ3v) is 6.78. The summed E-state index contributed by atoms with van der Waals surface area (Å²) >= 11 is 0. The zero-order valence-corrected chi connectivity index (χ0v) is 17.5. The van der Waals surface area contributed by atoms with E-state index >= 15 is 0 Å². The van der Waals surface area contributed by atoms with Gasteiger partial charge in [-0.15, -0.1) is 0 Å². The van der Waals surface area contributed by atoms with E-state index < -0.39 is 0 Å². The predicted molar refractivity (Wildman–Crippen MR) is 119 cm³/mol. The molecule has 8 heteroatoms. The molecule has 1 saturated carbocycles. The van der Waals surface area contributed by atoms with Crippen molar-refractivity contribution >= 4 is 28.4 Å². The minimum atomic E-state index is -0.252. The van der Waals surface area contributed by atoms with E-state index in [1.54, 1.807) is 6.20 Å². The topological polar surface area (TPSA) is 91.2 Å². The molecule has 0 atom stereocenters. The minimum Gasteiger partial charge on any atom is -0.351 e. The number of nitrogens with zero attached hydrogens (tertiary/aromatic N) is 5. The maximum Gasteiger partial charge on any atom is 0.228 e. The fraction of sp³-hybridized carbons (Fsp3) is 0.391. The van der Waals surface area contributed by atoms with Crippen molar-refractivity contribution in [2.45, 2.75) is 38.6 Å². The van der Waals surface area contributed by atoms with Crippen LogP contribution in [0.15, 0.2) is 43.0 Å². The molecule has 2 fully saturated rings. The quantitative estimate of drug-likeness (QED) is 0.533. The van der Waals surface area contributed by atoms with Crippen LogP contribution >= 0.6 is 0 Å². The van der Waals surface area contributed by atoms with Gasteiger partial charge in [-0.05, 0) is 49.4 Å². The first-order chi connectivity index (χ1) is 15.1. The van der Waals surface area contributed by atoms with Crippen LogP contribution in [0.1, 0.15) is 32.6 Å². The number of aromatic amines is 1. The zero-order valence-electron chi connectivity index (χ0n) is 17.5. The molecule has 31 heavy (non-hydrogen) atoms. The molecule has 0 bridgehead atoms. The number of fused-ring (bicyclic) bond motifs is 2. The van der Waals surface area contributed by atoms with Gasteiger partial charge in [-0.25, -0.2) is 9.50 Å².